The number of carbonyl (C=O) groups excluding carboxylic acids is 3. The quantitative estimate of drug-likeness (QED) is 0.300. The molecule has 1 saturated carbocycles. The maximum Gasteiger partial charge on any atom is 0.246 e. The Morgan fingerprint density at radius 3 is 2.46 bits per heavy atom. The molecule has 1 spiro atoms. The van der Waals surface area contributed by atoms with Gasteiger partial charge in [-0.15, -0.1) is 12.4 Å². The summed E-state index contributed by atoms with van der Waals surface area (Å²) in [7, 11) is 0. The number of halogens is 2. The van der Waals surface area contributed by atoms with Crippen molar-refractivity contribution in [2.45, 2.75) is 88.5 Å². The van der Waals surface area contributed by atoms with E-state index in [9.17, 15) is 14.4 Å². The minimum atomic E-state index is -1.15. The Bertz CT molecular complexity index is 1510. The highest BCUT2D eigenvalue weighted by atomic mass is 35.5. The maximum absolute atomic E-state index is 14.4. The molecule has 2 aromatic rings. The minimum absolute atomic E-state index is 0. The first-order valence-electron chi connectivity index (χ1n) is 17.6. The summed E-state index contributed by atoms with van der Waals surface area (Å²) in [5.41, 5.74) is 1.75. The molecule has 48 heavy (non-hydrogen) atoms. The SMILES string of the molecule is Cc1ccc(NC(=O)C2[C@H]3C=CC4(O3)C(C(=O)NC3CCCCC3)N(CCCN3CCC(Cc5ccccc5)CC3)C(=O)[C@@H]24)cc1Cl.Cl. The van der Waals surface area contributed by atoms with E-state index in [1.165, 1.54) is 12.0 Å². The standard InChI is InChI=1S/C38H47ClN4O4.ClH/c1-25-13-14-29(24-30(25)39)41-35(44)32-31-15-18-38(47-31)33(32)37(46)43(34(38)36(45)40-28-11-6-3-7-12-28)20-8-19-42-21-16-27(17-22-42)23-26-9-4-2-5-10-26;/h2,4-5,9-10,13-15,18,24,27-28,31-34H,3,6-8,11-12,16-17,19-23H2,1H3,(H,40,45)(H,41,44);1H/t31-,32?,33-,34?,38?;/m1./s1. The van der Waals surface area contributed by atoms with Crippen molar-refractivity contribution < 1.29 is 19.1 Å². The number of amides is 3. The van der Waals surface area contributed by atoms with Crippen LogP contribution in [-0.2, 0) is 25.5 Å². The molecule has 0 radical (unpaired) electrons. The fraction of sp³-hybridized carbons (Fsp3) is 0.553. The van der Waals surface area contributed by atoms with E-state index in [4.69, 9.17) is 16.3 Å². The molecule has 4 fully saturated rings. The lowest BCUT2D eigenvalue weighted by Crippen LogP contribution is -2.56. The molecule has 2 N–H and O–H groups in total. The fourth-order valence-electron chi connectivity index (χ4n) is 8.76. The third-order valence-electron chi connectivity index (χ3n) is 11.3. The van der Waals surface area contributed by atoms with Crippen LogP contribution in [0.25, 0.3) is 0 Å². The number of anilines is 1. The smallest absolute Gasteiger partial charge is 0.246 e. The van der Waals surface area contributed by atoms with Gasteiger partial charge in [0, 0.05) is 23.3 Å². The molecular weight excluding hydrogens is 647 g/mol. The topological polar surface area (TPSA) is 91.0 Å². The van der Waals surface area contributed by atoms with Gasteiger partial charge in [-0.1, -0.05) is 79.4 Å². The molecule has 10 heteroatoms. The maximum atomic E-state index is 14.4. The Kier molecular flexibility index (Phi) is 10.9. The first kappa shape index (κ1) is 34.9. The number of ether oxygens (including phenoxy) is 1. The van der Waals surface area contributed by atoms with Crippen LogP contribution in [0.5, 0.6) is 0 Å². The molecule has 3 unspecified atom stereocenters. The van der Waals surface area contributed by atoms with Gasteiger partial charge in [-0.2, -0.15) is 0 Å². The van der Waals surface area contributed by atoms with Crippen molar-refractivity contribution in [3.63, 3.8) is 0 Å². The Labute approximate surface area is 295 Å². The number of nitrogens with zero attached hydrogens (tertiary/aromatic N) is 2. The predicted octanol–water partition coefficient (Wildman–Crippen LogP) is 5.95. The molecule has 8 nitrogen and oxygen atoms in total. The number of carbonyl (C=O) groups is 3. The normalized spacial score (nSPS) is 28.7. The van der Waals surface area contributed by atoms with E-state index in [1.54, 1.807) is 11.0 Å². The van der Waals surface area contributed by atoms with Gasteiger partial charge in [-0.3, -0.25) is 14.4 Å². The van der Waals surface area contributed by atoms with Crippen LogP contribution in [-0.4, -0.2) is 77.5 Å². The molecule has 5 aliphatic rings. The van der Waals surface area contributed by atoms with Crippen LogP contribution in [0.3, 0.4) is 0 Å². The monoisotopic (exact) mass is 694 g/mol. The molecule has 2 aromatic carbocycles. The van der Waals surface area contributed by atoms with Crippen LogP contribution in [0.15, 0.2) is 60.7 Å². The van der Waals surface area contributed by atoms with Crippen LogP contribution in [0, 0.1) is 24.7 Å². The largest absolute Gasteiger partial charge is 0.359 e. The molecule has 1 aliphatic carbocycles. The lowest BCUT2D eigenvalue weighted by atomic mass is 9.74. The van der Waals surface area contributed by atoms with Crippen molar-refractivity contribution in [1.82, 2.24) is 15.1 Å². The van der Waals surface area contributed by atoms with Gasteiger partial charge < -0.3 is 25.2 Å². The van der Waals surface area contributed by atoms with Crippen LogP contribution in [0.4, 0.5) is 5.69 Å². The van der Waals surface area contributed by atoms with E-state index in [-0.39, 0.29) is 36.2 Å². The first-order valence-corrected chi connectivity index (χ1v) is 18.0. The van der Waals surface area contributed by atoms with Gasteiger partial charge in [0.05, 0.1) is 17.9 Å². The fourth-order valence-corrected chi connectivity index (χ4v) is 8.94. The summed E-state index contributed by atoms with van der Waals surface area (Å²) >= 11 is 6.33. The van der Waals surface area contributed by atoms with E-state index < -0.39 is 29.6 Å². The summed E-state index contributed by atoms with van der Waals surface area (Å²) in [6.07, 6.45) is 12.7. The van der Waals surface area contributed by atoms with Crippen LogP contribution in [0.1, 0.15) is 62.5 Å². The van der Waals surface area contributed by atoms with Crippen molar-refractivity contribution in [2.75, 3.05) is 31.5 Å². The van der Waals surface area contributed by atoms with Gasteiger partial charge >= 0.3 is 0 Å². The Morgan fingerprint density at radius 2 is 1.73 bits per heavy atom. The highest BCUT2D eigenvalue weighted by molar-refractivity contribution is 6.31. The molecule has 4 aliphatic heterocycles. The summed E-state index contributed by atoms with van der Waals surface area (Å²) in [4.78, 5) is 46.5. The van der Waals surface area contributed by atoms with E-state index in [1.807, 2.05) is 31.2 Å². The number of hydrogen-bond donors (Lipinski definition) is 2. The van der Waals surface area contributed by atoms with E-state index in [0.717, 1.165) is 76.6 Å². The number of piperidine rings is 1. The van der Waals surface area contributed by atoms with Crippen LogP contribution in [0.2, 0.25) is 5.02 Å². The zero-order chi connectivity index (χ0) is 32.5. The number of nitrogens with one attached hydrogen (secondary N) is 2. The van der Waals surface area contributed by atoms with E-state index >= 15 is 0 Å². The third kappa shape index (κ3) is 6.91. The number of benzene rings is 2. The molecular formula is C38H48Cl2N4O4. The second-order valence-corrected chi connectivity index (χ2v) is 14.8. The van der Waals surface area contributed by atoms with Crippen LogP contribution < -0.4 is 10.6 Å². The van der Waals surface area contributed by atoms with E-state index in [0.29, 0.717) is 23.2 Å². The lowest BCUT2D eigenvalue weighted by molar-refractivity contribution is -0.141. The average Bonchev–Trinajstić information content (AvgIpc) is 3.72. The van der Waals surface area contributed by atoms with Crippen molar-refractivity contribution in [1.29, 1.82) is 0 Å². The Hall–Kier alpha value is -2.91. The molecule has 7 rings (SSSR count). The van der Waals surface area contributed by atoms with Crippen LogP contribution >= 0.6 is 24.0 Å². The van der Waals surface area contributed by atoms with Gasteiger partial charge in [0.15, 0.2) is 0 Å². The zero-order valence-electron chi connectivity index (χ0n) is 27.7. The molecule has 258 valence electrons. The zero-order valence-corrected chi connectivity index (χ0v) is 29.3. The molecule has 3 saturated heterocycles. The lowest BCUT2D eigenvalue weighted by Gasteiger charge is -2.35. The predicted molar refractivity (Wildman–Crippen MR) is 190 cm³/mol. The van der Waals surface area contributed by atoms with Gasteiger partial charge in [0.25, 0.3) is 0 Å². The second-order valence-electron chi connectivity index (χ2n) is 14.4. The minimum Gasteiger partial charge on any atom is -0.359 e. The van der Waals surface area contributed by atoms with Crippen molar-refractivity contribution in [3.8, 4) is 0 Å². The molecule has 4 heterocycles. The molecule has 3 amide bonds. The van der Waals surface area contributed by atoms with Crippen molar-refractivity contribution in [3.05, 3.63) is 76.8 Å². The molecule has 0 aromatic heterocycles. The van der Waals surface area contributed by atoms with Gasteiger partial charge in [0.1, 0.15) is 11.6 Å². The Morgan fingerprint density at radius 1 is 0.979 bits per heavy atom. The molecule has 5 atom stereocenters. The summed E-state index contributed by atoms with van der Waals surface area (Å²) < 4.78 is 6.55. The highest BCUT2D eigenvalue weighted by Gasteiger charge is 2.72. The summed E-state index contributed by atoms with van der Waals surface area (Å²) in [5.74, 6) is -1.40. The molecule has 2 bridgehead atoms. The summed E-state index contributed by atoms with van der Waals surface area (Å²) in [5, 5.41) is 6.83. The van der Waals surface area contributed by atoms with Crippen molar-refractivity contribution >= 4 is 47.4 Å². The highest BCUT2D eigenvalue weighted by Crippen LogP contribution is 2.55. The van der Waals surface area contributed by atoms with Crippen molar-refractivity contribution in [2.24, 2.45) is 17.8 Å². The summed E-state index contributed by atoms with van der Waals surface area (Å²) in [6, 6.07) is 15.4. The summed E-state index contributed by atoms with van der Waals surface area (Å²) in [6.45, 7) is 5.32. The number of aryl methyl sites for hydroxylation is 1. The van der Waals surface area contributed by atoms with Gasteiger partial charge in [0.2, 0.25) is 17.7 Å². The number of hydrogen-bond acceptors (Lipinski definition) is 5. The van der Waals surface area contributed by atoms with E-state index in [2.05, 4.69) is 45.9 Å². The van der Waals surface area contributed by atoms with Gasteiger partial charge in [-0.05, 0) is 94.3 Å². The Balaban J connectivity index is 0.00000401. The third-order valence-corrected chi connectivity index (χ3v) is 11.7. The number of likely N-dealkylation sites (tertiary alicyclic amines) is 2. The first-order chi connectivity index (χ1) is 22.8. The number of rotatable bonds is 10. The average molecular weight is 696 g/mol. The van der Waals surface area contributed by atoms with Gasteiger partial charge in [-0.25, -0.2) is 0 Å². The second kappa shape index (κ2) is 14.9. The number of fused-ring (bicyclic) bond motifs is 1.